The van der Waals surface area contributed by atoms with Crippen LogP contribution in [0.1, 0.15) is 29.0 Å². The number of anilines is 1. The summed E-state index contributed by atoms with van der Waals surface area (Å²) >= 11 is 1.72. The van der Waals surface area contributed by atoms with E-state index in [1.54, 1.807) is 29.7 Å². The van der Waals surface area contributed by atoms with Gasteiger partial charge in [0.1, 0.15) is 5.58 Å². The van der Waals surface area contributed by atoms with Gasteiger partial charge in [0, 0.05) is 41.0 Å². The number of rotatable bonds is 4. The average molecular weight is 423 g/mol. The smallest absolute Gasteiger partial charge is 0.305 e. The van der Waals surface area contributed by atoms with Crippen LogP contribution in [0.15, 0.2) is 57.8 Å². The first-order valence-corrected chi connectivity index (χ1v) is 10.6. The molecule has 0 radical (unpaired) electrons. The Morgan fingerprint density at radius 1 is 1.03 bits per heavy atom. The van der Waals surface area contributed by atoms with Gasteiger partial charge < -0.3 is 9.32 Å². The minimum Gasteiger partial charge on any atom is -0.451 e. The topological polar surface area (TPSA) is 91.7 Å². The standard InChI is InChI=1S/C22H21N3O4S/c1-14-15-6-2-4-8-17(15)29-21(14)22(28)24-23-19(26)10-11-20(27)25-12-13-30-18-9-5-3-7-16(18)25/h2-9H,10-13H2,1H3,(H,23,26)(H,24,28). The van der Waals surface area contributed by atoms with Gasteiger partial charge >= 0.3 is 5.91 Å². The van der Waals surface area contributed by atoms with Gasteiger partial charge in [-0.3, -0.25) is 25.2 Å². The average Bonchev–Trinajstić information content (AvgIpc) is 3.12. The summed E-state index contributed by atoms with van der Waals surface area (Å²) in [6.07, 6.45) is 0.0361. The number of furan rings is 1. The fraction of sp³-hybridized carbons (Fsp3) is 0.227. The summed E-state index contributed by atoms with van der Waals surface area (Å²) in [5, 5.41) is 0.847. The third-order valence-corrected chi connectivity index (χ3v) is 6.00. The Morgan fingerprint density at radius 2 is 1.80 bits per heavy atom. The molecule has 30 heavy (non-hydrogen) atoms. The van der Waals surface area contributed by atoms with E-state index in [2.05, 4.69) is 10.9 Å². The van der Waals surface area contributed by atoms with Crippen LogP contribution >= 0.6 is 11.8 Å². The third-order valence-electron chi connectivity index (χ3n) is 4.96. The Balaban J connectivity index is 1.30. The summed E-state index contributed by atoms with van der Waals surface area (Å²) in [5.41, 5.74) is 6.91. The highest BCUT2D eigenvalue weighted by Gasteiger charge is 2.23. The Hall–Kier alpha value is -3.26. The molecule has 2 N–H and O–H groups in total. The maximum atomic E-state index is 12.6. The van der Waals surface area contributed by atoms with Crippen molar-refractivity contribution in [3.05, 3.63) is 59.9 Å². The number of benzene rings is 2. The molecule has 0 fully saturated rings. The molecule has 0 aliphatic carbocycles. The Labute approximate surface area is 177 Å². The largest absolute Gasteiger partial charge is 0.451 e. The molecule has 1 aliphatic rings. The molecular weight excluding hydrogens is 402 g/mol. The predicted octanol–water partition coefficient (Wildman–Crippen LogP) is 3.42. The van der Waals surface area contributed by atoms with Gasteiger partial charge in [0.15, 0.2) is 5.76 Å². The molecule has 154 valence electrons. The molecule has 3 aromatic rings. The van der Waals surface area contributed by atoms with E-state index < -0.39 is 11.8 Å². The molecule has 7 nitrogen and oxygen atoms in total. The number of hydrogen-bond acceptors (Lipinski definition) is 5. The maximum absolute atomic E-state index is 12.6. The van der Waals surface area contributed by atoms with E-state index in [9.17, 15) is 14.4 Å². The Bertz CT molecular complexity index is 1120. The van der Waals surface area contributed by atoms with Crippen molar-refractivity contribution >= 4 is 46.1 Å². The number of carbonyl (C=O) groups excluding carboxylic acids is 3. The first-order chi connectivity index (χ1) is 14.5. The summed E-state index contributed by atoms with van der Waals surface area (Å²) in [7, 11) is 0. The van der Waals surface area contributed by atoms with Crippen LogP contribution in [0.4, 0.5) is 5.69 Å². The number of hydrazine groups is 1. The lowest BCUT2D eigenvalue weighted by atomic mass is 10.1. The second-order valence-electron chi connectivity index (χ2n) is 6.92. The summed E-state index contributed by atoms with van der Waals surface area (Å²) in [4.78, 5) is 39.9. The molecule has 8 heteroatoms. The van der Waals surface area contributed by atoms with Crippen molar-refractivity contribution in [3.8, 4) is 0 Å². The third kappa shape index (κ3) is 4.04. The number of thioether (sulfide) groups is 1. The lowest BCUT2D eigenvalue weighted by molar-refractivity contribution is -0.125. The second-order valence-corrected chi connectivity index (χ2v) is 8.05. The zero-order chi connectivity index (χ0) is 21.1. The number of carbonyl (C=O) groups is 3. The number of para-hydroxylation sites is 2. The van der Waals surface area contributed by atoms with Gasteiger partial charge in [-0.1, -0.05) is 30.3 Å². The van der Waals surface area contributed by atoms with E-state index in [1.807, 2.05) is 42.5 Å². The zero-order valence-corrected chi connectivity index (χ0v) is 17.3. The molecule has 3 amide bonds. The predicted molar refractivity (Wildman–Crippen MR) is 115 cm³/mol. The first kappa shape index (κ1) is 20.0. The summed E-state index contributed by atoms with van der Waals surface area (Å²) in [5.74, 6) is -0.121. The summed E-state index contributed by atoms with van der Waals surface area (Å²) in [6.45, 7) is 2.40. The van der Waals surface area contributed by atoms with Crippen molar-refractivity contribution in [1.29, 1.82) is 0 Å². The van der Waals surface area contributed by atoms with Crippen molar-refractivity contribution in [3.63, 3.8) is 0 Å². The van der Waals surface area contributed by atoms with Crippen LogP contribution in [-0.4, -0.2) is 30.0 Å². The van der Waals surface area contributed by atoms with Gasteiger partial charge in [-0.25, -0.2) is 0 Å². The van der Waals surface area contributed by atoms with E-state index in [-0.39, 0.29) is 24.5 Å². The summed E-state index contributed by atoms with van der Waals surface area (Å²) < 4.78 is 5.58. The van der Waals surface area contributed by atoms with Crippen LogP contribution in [0.3, 0.4) is 0 Å². The maximum Gasteiger partial charge on any atom is 0.305 e. The van der Waals surface area contributed by atoms with Crippen molar-refractivity contribution in [1.82, 2.24) is 10.9 Å². The van der Waals surface area contributed by atoms with Crippen molar-refractivity contribution < 1.29 is 18.8 Å². The van der Waals surface area contributed by atoms with Crippen molar-refractivity contribution in [2.24, 2.45) is 0 Å². The van der Waals surface area contributed by atoms with Crippen molar-refractivity contribution in [2.75, 3.05) is 17.2 Å². The van der Waals surface area contributed by atoms with Gasteiger partial charge in [-0.15, -0.1) is 11.8 Å². The molecule has 0 saturated heterocycles. The van der Waals surface area contributed by atoms with Gasteiger partial charge in [-0.05, 0) is 25.1 Å². The van der Waals surface area contributed by atoms with E-state index in [4.69, 9.17) is 4.42 Å². The number of aryl methyl sites for hydroxylation is 1. The first-order valence-electron chi connectivity index (χ1n) is 9.64. The minimum absolute atomic E-state index is 0.0238. The Morgan fingerprint density at radius 3 is 2.63 bits per heavy atom. The van der Waals surface area contributed by atoms with Crippen LogP contribution in [-0.2, 0) is 9.59 Å². The van der Waals surface area contributed by atoms with Gasteiger partial charge in [0.2, 0.25) is 11.8 Å². The van der Waals surface area contributed by atoms with Crippen LogP contribution < -0.4 is 15.8 Å². The van der Waals surface area contributed by atoms with Crippen LogP contribution in [0.5, 0.6) is 0 Å². The number of nitrogens with one attached hydrogen (secondary N) is 2. The lowest BCUT2D eigenvalue weighted by Crippen LogP contribution is -2.42. The van der Waals surface area contributed by atoms with Crippen LogP contribution in [0.2, 0.25) is 0 Å². The normalized spacial score (nSPS) is 13.0. The van der Waals surface area contributed by atoms with Crippen molar-refractivity contribution in [2.45, 2.75) is 24.7 Å². The highest BCUT2D eigenvalue weighted by molar-refractivity contribution is 7.99. The molecule has 0 saturated carbocycles. The lowest BCUT2D eigenvalue weighted by Gasteiger charge is -2.29. The van der Waals surface area contributed by atoms with E-state index in [0.717, 1.165) is 21.7 Å². The van der Waals surface area contributed by atoms with Gasteiger partial charge in [0.05, 0.1) is 5.69 Å². The molecular formula is C22H21N3O4S. The zero-order valence-electron chi connectivity index (χ0n) is 16.4. The molecule has 1 aromatic heterocycles. The number of nitrogens with zero attached hydrogens (tertiary/aromatic N) is 1. The second kappa shape index (κ2) is 8.62. The molecule has 4 rings (SSSR count). The fourth-order valence-corrected chi connectivity index (χ4v) is 4.42. The van der Waals surface area contributed by atoms with Gasteiger partial charge in [-0.2, -0.15) is 0 Å². The van der Waals surface area contributed by atoms with Gasteiger partial charge in [0.25, 0.3) is 0 Å². The molecule has 2 heterocycles. The molecule has 1 aliphatic heterocycles. The molecule has 0 bridgehead atoms. The highest BCUT2D eigenvalue weighted by Crippen LogP contribution is 2.34. The molecule has 0 unspecified atom stereocenters. The Kier molecular flexibility index (Phi) is 5.76. The molecule has 0 spiro atoms. The minimum atomic E-state index is -0.537. The summed E-state index contributed by atoms with van der Waals surface area (Å²) in [6, 6.07) is 15.1. The van der Waals surface area contributed by atoms with E-state index >= 15 is 0 Å². The van der Waals surface area contributed by atoms with E-state index in [1.165, 1.54) is 0 Å². The quantitative estimate of drug-likeness (QED) is 0.628. The molecule has 0 atom stereocenters. The SMILES string of the molecule is Cc1c(C(=O)NNC(=O)CCC(=O)N2CCSc3ccccc32)oc2ccccc12. The number of amides is 3. The van der Waals surface area contributed by atoms with Crippen LogP contribution in [0, 0.1) is 6.92 Å². The monoisotopic (exact) mass is 423 g/mol. The number of hydrogen-bond donors (Lipinski definition) is 2. The van der Waals surface area contributed by atoms with Crippen LogP contribution in [0.25, 0.3) is 11.0 Å². The fourth-order valence-electron chi connectivity index (χ4n) is 3.42. The van der Waals surface area contributed by atoms with E-state index in [0.29, 0.717) is 17.7 Å². The highest BCUT2D eigenvalue weighted by atomic mass is 32.2. The molecule has 2 aromatic carbocycles. The number of fused-ring (bicyclic) bond motifs is 2.